The number of benzene rings is 1. The van der Waals surface area contributed by atoms with Gasteiger partial charge in [-0.2, -0.15) is 13.2 Å². The van der Waals surface area contributed by atoms with Crippen molar-refractivity contribution in [1.29, 1.82) is 0 Å². The Kier molecular flexibility index (Phi) is 8.57. The third-order valence-corrected chi connectivity index (χ3v) is 3.49. The van der Waals surface area contributed by atoms with Gasteiger partial charge in [0.1, 0.15) is 0 Å². The molecule has 150 valence electrons. The first kappa shape index (κ1) is 22.3. The quantitative estimate of drug-likeness (QED) is 0.445. The molecular formula is C17H22F3N3O4. The van der Waals surface area contributed by atoms with Gasteiger partial charge in [0, 0.05) is 18.7 Å². The number of primary amides is 1. The normalized spacial score (nSPS) is 12.1. The van der Waals surface area contributed by atoms with Crippen molar-refractivity contribution in [2.75, 3.05) is 11.9 Å². The van der Waals surface area contributed by atoms with E-state index in [1.807, 2.05) is 0 Å². The number of urea groups is 1. The van der Waals surface area contributed by atoms with Gasteiger partial charge in [-0.15, -0.1) is 0 Å². The number of nitrogens with one attached hydrogen (secondary N) is 2. The third kappa shape index (κ3) is 8.93. The number of carbonyl (C=O) groups excluding carboxylic acids is 3. The van der Waals surface area contributed by atoms with Crippen molar-refractivity contribution in [2.45, 2.75) is 44.9 Å². The number of amides is 3. The molecular weight excluding hydrogens is 367 g/mol. The first-order chi connectivity index (χ1) is 12.6. The Balaban J connectivity index is 2.37. The highest BCUT2D eigenvalue weighted by atomic mass is 19.4. The van der Waals surface area contributed by atoms with Crippen LogP contribution in [0.5, 0.6) is 0 Å². The average Bonchev–Trinajstić information content (AvgIpc) is 2.57. The maximum absolute atomic E-state index is 12.7. The SMILES string of the molecule is C[C@@H](OC(=O)CCCCCNC(N)=O)C(=O)Nc1cccc(C(F)(F)F)c1. The van der Waals surface area contributed by atoms with Gasteiger partial charge in [0.05, 0.1) is 5.56 Å². The second kappa shape index (κ2) is 10.4. The molecule has 0 spiro atoms. The fourth-order valence-electron chi connectivity index (χ4n) is 2.11. The summed E-state index contributed by atoms with van der Waals surface area (Å²) < 4.78 is 43.0. The molecule has 0 radical (unpaired) electrons. The molecule has 10 heteroatoms. The Morgan fingerprint density at radius 2 is 1.89 bits per heavy atom. The third-order valence-electron chi connectivity index (χ3n) is 3.49. The van der Waals surface area contributed by atoms with Gasteiger partial charge in [0.25, 0.3) is 5.91 Å². The van der Waals surface area contributed by atoms with Gasteiger partial charge >= 0.3 is 18.2 Å². The smallest absolute Gasteiger partial charge is 0.416 e. The number of anilines is 1. The molecule has 0 bridgehead atoms. The van der Waals surface area contributed by atoms with Crippen LogP contribution in [0.1, 0.15) is 38.2 Å². The van der Waals surface area contributed by atoms with E-state index in [1.54, 1.807) is 0 Å². The van der Waals surface area contributed by atoms with Crippen LogP contribution in [0.3, 0.4) is 0 Å². The molecule has 0 aliphatic rings. The number of nitrogens with two attached hydrogens (primary N) is 1. The minimum atomic E-state index is -4.52. The van der Waals surface area contributed by atoms with Crippen molar-refractivity contribution >= 4 is 23.6 Å². The van der Waals surface area contributed by atoms with E-state index in [0.717, 1.165) is 12.1 Å². The van der Waals surface area contributed by atoms with Gasteiger partial charge in [0.2, 0.25) is 0 Å². The van der Waals surface area contributed by atoms with Crippen molar-refractivity contribution < 1.29 is 32.3 Å². The van der Waals surface area contributed by atoms with Gasteiger partial charge in [-0.1, -0.05) is 12.5 Å². The van der Waals surface area contributed by atoms with Crippen LogP contribution in [-0.2, 0) is 20.5 Å². The lowest BCUT2D eigenvalue weighted by Crippen LogP contribution is -2.30. The zero-order valence-electron chi connectivity index (χ0n) is 14.8. The first-order valence-corrected chi connectivity index (χ1v) is 8.30. The van der Waals surface area contributed by atoms with Crippen molar-refractivity contribution in [3.63, 3.8) is 0 Å². The van der Waals surface area contributed by atoms with Crippen molar-refractivity contribution in [2.24, 2.45) is 5.73 Å². The summed E-state index contributed by atoms with van der Waals surface area (Å²) in [6.45, 7) is 1.73. The molecule has 0 heterocycles. The van der Waals surface area contributed by atoms with Crippen LogP contribution in [0.15, 0.2) is 24.3 Å². The molecule has 0 saturated carbocycles. The Hall–Kier alpha value is -2.78. The monoisotopic (exact) mass is 389 g/mol. The predicted octanol–water partition coefficient (Wildman–Crippen LogP) is 2.80. The number of carbonyl (C=O) groups is 3. The summed E-state index contributed by atoms with van der Waals surface area (Å²) in [7, 11) is 0. The van der Waals surface area contributed by atoms with Gasteiger partial charge in [0.15, 0.2) is 6.10 Å². The molecule has 7 nitrogen and oxygen atoms in total. The number of hydrogen-bond donors (Lipinski definition) is 3. The second-order valence-electron chi connectivity index (χ2n) is 5.80. The zero-order chi connectivity index (χ0) is 20.4. The van der Waals surface area contributed by atoms with E-state index in [-0.39, 0.29) is 12.1 Å². The number of unbranched alkanes of at least 4 members (excludes halogenated alkanes) is 2. The van der Waals surface area contributed by atoms with Crippen LogP contribution in [0, 0.1) is 0 Å². The van der Waals surface area contributed by atoms with E-state index in [9.17, 15) is 27.6 Å². The van der Waals surface area contributed by atoms with Crippen LogP contribution >= 0.6 is 0 Å². The van der Waals surface area contributed by atoms with Crippen LogP contribution in [0.2, 0.25) is 0 Å². The number of hydrogen-bond acceptors (Lipinski definition) is 4. The summed E-state index contributed by atoms with van der Waals surface area (Å²) in [6.07, 6.45) is -3.80. The summed E-state index contributed by atoms with van der Waals surface area (Å²) in [4.78, 5) is 34.1. The lowest BCUT2D eigenvalue weighted by Gasteiger charge is -2.14. The van der Waals surface area contributed by atoms with E-state index >= 15 is 0 Å². The highest BCUT2D eigenvalue weighted by Crippen LogP contribution is 2.30. The average molecular weight is 389 g/mol. The van der Waals surface area contributed by atoms with Gasteiger partial charge < -0.3 is 21.1 Å². The molecule has 0 saturated heterocycles. The van der Waals surface area contributed by atoms with Gasteiger partial charge in [-0.3, -0.25) is 9.59 Å². The molecule has 0 fully saturated rings. The maximum Gasteiger partial charge on any atom is 0.416 e. The summed E-state index contributed by atoms with van der Waals surface area (Å²) >= 11 is 0. The maximum atomic E-state index is 12.7. The van der Waals surface area contributed by atoms with E-state index in [2.05, 4.69) is 10.6 Å². The summed E-state index contributed by atoms with van der Waals surface area (Å²) in [6, 6.07) is 3.55. The second-order valence-corrected chi connectivity index (χ2v) is 5.80. The van der Waals surface area contributed by atoms with Crippen LogP contribution in [0.25, 0.3) is 0 Å². The van der Waals surface area contributed by atoms with Crippen molar-refractivity contribution in [1.82, 2.24) is 5.32 Å². The highest BCUT2D eigenvalue weighted by molar-refractivity contribution is 5.95. The largest absolute Gasteiger partial charge is 0.453 e. The van der Waals surface area contributed by atoms with Crippen LogP contribution < -0.4 is 16.4 Å². The molecule has 4 N–H and O–H groups in total. The molecule has 1 rings (SSSR count). The number of halogens is 3. The first-order valence-electron chi connectivity index (χ1n) is 8.30. The van der Waals surface area contributed by atoms with Crippen molar-refractivity contribution in [3.05, 3.63) is 29.8 Å². The fraction of sp³-hybridized carbons (Fsp3) is 0.471. The van der Waals surface area contributed by atoms with Crippen molar-refractivity contribution in [3.8, 4) is 0 Å². The number of alkyl halides is 3. The lowest BCUT2D eigenvalue weighted by molar-refractivity contribution is -0.153. The minimum absolute atomic E-state index is 0.0420. The molecule has 0 aliphatic carbocycles. The number of ether oxygens (including phenoxy) is 1. The van der Waals surface area contributed by atoms with E-state index in [1.165, 1.54) is 19.1 Å². The molecule has 1 atom stereocenters. The Morgan fingerprint density at radius 3 is 2.52 bits per heavy atom. The van der Waals surface area contributed by atoms with E-state index in [0.29, 0.717) is 25.8 Å². The molecule has 1 aromatic carbocycles. The number of esters is 1. The molecule has 0 aromatic heterocycles. The summed E-state index contributed by atoms with van der Waals surface area (Å²) in [5, 5.41) is 4.70. The molecule has 27 heavy (non-hydrogen) atoms. The molecule has 0 aliphatic heterocycles. The Morgan fingerprint density at radius 1 is 1.19 bits per heavy atom. The number of rotatable bonds is 9. The van der Waals surface area contributed by atoms with E-state index < -0.39 is 35.8 Å². The van der Waals surface area contributed by atoms with Gasteiger partial charge in [-0.05, 0) is 38.0 Å². The molecule has 0 unspecified atom stereocenters. The molecule has 1 aromatic rings. The predicted molar refractivity (Wildman–Crippen MR) is 91.7 cm³/mol. The summed E-state index contributed by atoms with van der Waals surface area (Å²) in [5.41, 5.74) is 3.97. The van der Waals surface area contributed by atoms with E-state index in [4.69, 9.17) is 10.5 Å². The zero-order valence-corrected chi connectivity index (χ0v) is 14.8. The standard InChI is InChI=1S/C17H22F3N3O4/c1-11(27-14(24)8-3-2-4-9-22-16(21)26)15(25)23-13-7-5-6-12(10-13)17(18,19)20/h5-7,10-11H,2-4,8-9H2,1H3,(H,23,25)(H3,21,22,26)/t11-/m1/s1. The Bertz CT molecular complexity index is 665. The van der Waals surface area contributed by atoms with Crippen LogP contribution in [0.4, 0.5) is 23.7 Å². The fourth-order valence-corrected chi connectivity index (χ4v) is 2.11. The Labute approximate surface area is 154 Å². The molecule has 3 amide bonds. The van der Waals surface area contributed by atoms with Crippen LogP contribution in [-0.4, -0.2) is 30.6 Å². The summed E-state index contributed by atoms with van der Waals surface area (Å²) in [5.74, 6) is -1.32. The highest BCUT2D eigenvalue weighted by Gasteiger charge is 2.30. The topological polar surface area (TPSA) is 111 Å². The lowest BCUT2D eigenvalue weighted by atomic mass is 10.2. The minimum Gasteiger partial charge on any atom is -0.453 e. The van der Waals surface area contributed by atoms with Gasteiger partial charge in [-0.25, -0.2) is 4.79 Å².